The van der Waals surface area contributed by atoms with Gasteiger partial charge >= 0.3 is 0 Å². The summed E-state index contributed by atoms with van der Waals surface area (Å²) in [6.07, 6.45) is 0. The molecular weight excluding hydrogens is 303 g/mol. The lowest BCUT2D eigenvalue weighted by molar-refractivity contribution is 0.449. The van der Waals surface area contributed by atoms with Crippen molar-refractivity contribution in [3.05, 3.63) is 59.0 Å². The Kier molecular flexibility index (Phi) is 3.39. The van der Waals surface area contributed by atoms with Crippen LogP contribution in [0.25, 0.3) is 10.8 Å². The van der Waals surface area contributed by atoms with Gasteiger partial charge in [-0.1, -0.05) is 35.9 Å². The molecule has 0 saturated heterocycles. The normalized spacial score (nSPS) is 10.9. The van der Waals surface area contributed by atoms with Gasteiger partial charge in [0, 0.05) is 10.8 Å². The van der Waals surface area contributed by atoms with Crippen LogP contribution in [0.4, 0.5) is 24.7 Å². The maximum Gasteiger partial charge on any atom is 0.196 e. The molecule has 3 aromatic rings. The van der Waals surface area contributed by atoms with Crippen molar-refractivity contribution < 1.29 is 13.2 Å². The lowest BCUT2D eigenvalue weighted by Gasteiger charge is -2.10. The molecule has 7 heteroatoms. The zero-order chi connectivity index (χ0) is 15.0. The zero-order valence-corrected chi connectivity index (χ0v) is 11.1. The van der Waals surface area contributed by atoms with Gasteiger partial charge in [-0.15, -0.1) is 10.2 Å². The highest BCUT2D eigenvalue weighted by Gasteiger charge is 2.15. The molecule has 0 fully saturated rings. The summed E-state index contributed by atoms with van der Waals surface area (Å²) in [5.74, 6) is -3.94. The van der Waals surface area contributed by atoms with Gasteiger partial charge in [-0.3, -0.25) is 0 Å². The second-order valence-corrected chi connectivity index (χ2v) is 4.59. The molecule has 0 amide bonds. The Morgan fingerprint density at radius 1 is 0.857 bits per heavy atom. The minimum absolute atomic E-state index is 0.194. The molecule has 1 N–H and O–H groups in total. The number of halogens is 4. The van der Waals surface area contributed by atoms with Crippen LogP contribution in [-0.4, -0.2) is 10.2 Å². The number of aromatic nitrogens is 2. The minimum Gasteiger partial charge on any atom is -0.336 e. The monoisotopic (exact) mass is 309 g/mol. The number of hydrogen-bond acceptors (Lipinski definition) is 3. The van der Waals surface area contributed by atoms with Gasteiger partial charge in [0.2, 0.25) is 0 Å². The predicted octanol–water partition coefficient (Wildman–Crippen LogP) is 4.44. The van der Waals surface area contributed by atoms with Crippen molar-refractivity contribution in [1.29, 1.82) is 0 Å². The van der Waals surface area contributed by atoms with E-state index in [4.69, 9.17) is 11.6 Å². The zero-order valence-electron chi connectivity index (χ0n) is 10.4. The Morgan fingerprint density at radius 2 is 1.57 bits per heavy atom. The number of nitrogens with zero attached hydrogens (tertiary/aromatic N) is 2. The molecule has 3 rings (SSSR count). The fourth-order valence-corrected chi connectivity index (χ4v) is 2.12. The molecule has 0 atom stereocenters. The first-order valence-electron chi connectivity index (χ1n) is 5.89. The largest absolute Gasteiger partial charge is 0.336 e. The van der Waals surface area contributed by atoms with Gasteiger partial charge in [0.05, 0.1) is 5.69 Å². The van der Waals surface area contributed by atoms with E-state index in [0.717, 1.165) is 12.1 Å². The molecule has 2 aromatic carbocycles. The maximum atomic E-state index is 13.7. The molecule has 0 aliphatic heterocycles. The first-order valence-corrected chi connectivity index (χ1v) is 6.27. The lowest BCUT2D eigenvalue weighted by atomic mass is 10.2. The summed E-state index contributed by atoms with van der Waals surface area (Å²) in [6.45, 7) is 0. The van der Waals surface area contributed by atoms with Crippen LogP contribution in [0.15, 0.2) is 36.4 Å². The quantitative estimate of drug-likeness (QED) is 0.711. The Bertz CT molecular complexity index is 839. The van der Waals surface area contributed by atoms with Crippen LogP contribution in [0, 0.1) is 17.5 Å². The van der Waals surface area contributed by atoms with Gasteiger partial charge in [0.25, 0.3) is 0 Å². The molecule has 106 valence electrons. The van der Waals surface area contributed by atoms with Crippen LogP contribution >= 0.6 is 11.6 Å². The molecule has 0 bridgehead atoms. The molecule has 1 aromatic heterocycles. The SMILES string of the molecule is Fc1ccc(Nc2nnc(Cl)c3ccccc23)c(F)c1F. The average Bonchev–Trinajstić information content (AvgIpc) is 2.50. The predicted molar refractivity (Wildman–Crippen MR) is 74.1 cm³/mol. The second-order valence-electron chi connectivity index (χ2n) is 4.23. The van der Waals surface area contributed by atoms with Crippen molar-refractivity contribution in [2.75, 3.05) is 5.32 Å². The first-order chi connectivity index (χ1) is 10.1. The van der Waals surface area contributed by atoms with Gasteiger partial charge in [0.1, 0.15) is 0 Å². The molecule has 1 heterocycles. The third-order valence-corrected chi connectivity index (χ3v) is 3.21. The number of rotatable bonds is 2. The standard InChI is InChI=1S/C14H7ClF3N3/c15-13-7-3-1-2-4-8(7)14(21-20-13)19-10-6-5-9(16)11(17)12(10)18/h1-6H,(H,19,21). The Labute approximate surface area is 122 Å². The second kappa shape index (κ2) is 5.21. The highest BCUT2D eigenvalue weighted by atomic mass is 35.5. The molecule has 0 spiro atoms. The van der Waals surface area contributed by atoms with E-state index in [2.05, 4.69) is 15.5 Å². The molecule has 3 nitrogen and oxygen atoms in total. The van der Waals surface area contributed by atoms with Crippen molar-refractivity contribution in [2.24, 2.45) is 0 Å². The fraction of sp³-hybridized carbons (Fsp3) is 0. The van der Waals surface area contributed by atoms with Gasteiger partial charge < -0.3 is 5.32 Å². The third-order valence-electron chi connectivity index (χ3n) is 2.93. The molecular formula is C14H7ClF3N3. The van der Waals surface area contributed by atoms with Gasteiger partial charge in [-0.2, -0.15) is 0 Å². The van der Waals surface area contributed by atoms with Crippen LogP contribution in [0.1, 0.15) is 0 Å². The molecule has 0 aliphatic carbocycles. The summed E-state index contributed by atoms with van der Waals surface area (Å²) in [7, 11) is 0. The first kappa shape index (κ1) is 13.6. The summed E-state index contributed by atoms with van der Waals surface area (Å²) >= 11 is 5.92. The van der Waals surface area contributed by atoms with Crippen molar-refractivity contribution in [2.45, 2.75) is 0 Å². The number of benzene rings is 2. The molecule has 0 aliphatic rings. The topological polar surface area (TPSA) is 37.8 Å². The number of anilines is 2. The summed E-state index contributed by atoms with van der Waals surface area (Å²) in [6, 6.07) is 8.84. The Hall–Kier alpha value is -2.34. The van der Waals surface area contributed by atoms with Crippen LogP contribution < -0.4 is 5.32 Å². The van der Waals surface area contributed by atoms with Crippen molar-refractivity contribution in [3.63, 3.8) is 0 Å². The van der Waals surface area contributed by atoms with E-state index >= 15 is 0 Å². The lowest BCUT2D eigenvalue weighted by Crippen LogP contribution is -2.02. The average molecular weight is 310 g/mol. The van der Waals surface area contributed by atoms with Crippen LogP contribution in [-0.2, 0) is 0 Å². The fourth-order valence-electron chi connectivity index (χ4n) is 1.91. The summed E-state index contributed by atoms with van der Waals surface area (Å²) in [4.78, 5) is 0. The highest BCUT2D eigenvalue weighted by molar-refractivity contribution is 6.34. The van der Waals surface area contributed by atoms with Crippen LogP contribution in [0.3, 0.4) is 0 Å². The van der Waals surface area contributed by atoms with E-state index in [9.17, 15) is 13.2 Å². The maximum absolute atomic E-state index is 13.7. The third kappa shape index (κ3) is 2.38. The number of fused-ring (bicyclic) bond motifs is 1. The Balaban J connectivity index is 2.11. The molecule has 0 unspecified atom stereocenters. The van der Waals surface area contributed by atoms with Crippen molar-refractivity contribution in [1.82, 2.24) is 10.2 Å². The smallest absolute Gasteiger partial charge is 0.196 e. The van der Waals surface area contributed by atoms with E-state index in [0.29, 0.717) is 10.8 Å². The summed E-state index contributed by atoms with van der Waals surface area (Å²) in [5.41, 5.74) is -0.240. The highest BCUT2D eigenvalue weighted by Crippen LogP contribution is 2.29. The number of nitrogens with one attached hydrogen (secondary N) is 1. The minimum atomic E-state index is -1.55. The summed E-state index contributed by atoms with van der Waals surface area (Å²) in [5, 5.41) is 11.5. The summed E-state index contributed by atoms with van der Waals surface area (Å²) < 4.78 is 39.8. The molecule has 21 heavy (non-hydrogen) atoms. The van der Waals surface area contributed by atoms with E-state index in [1.165, 1.54) is 0 Å². The molecule has 0 radical (unpaired) electrons. The van der Waals surface area contributed by atoms with Crippen LogP contribution in [0.5, 0.6) is 0 Å². The number of hydrogen-bond donors (Lipinski definition) is 1. The van der Waals surface area contributed by atoms with Gasteiger partial charge in [-0.05, 0) is 12.1 Å². The van der Waals surface area contributed by atoms with Gasteiger partial charge in [-0.25, -0.2) is 13.2 Å². The Morgan fingerprint density at radius 3 is 2.33 bits per heavy atom. The van der Waals surface area contributed by atoms with E-state index < -0.39 is 17.5 Å². The van der Waals surface area contributed by atoms with E-state index in [1.807, 2.05) is 0 Å². The van der Waals surface area contributed by atoms with E-state index in [1.54, 1.807) is 24.3 Å². The van der Waals surface area contributed by atoms with Crippen molar-refractivity contribution >= 4 is 33.9 Å². The van der Waals surface area contributed by atoms with Gasteiger partial charge in [0.15, 0.2) is 28.4 Å². The van der Waals surface area contributed by atoms with Crippen LogP contribution in [0.2, 0.25) is 5.15 Å². The van der Waals surface area contributed by atoms with Crippen molar-refractivity contribution in [3.8, 4) is 0 Å². The van der Waals surface area contributed by atoms with E-state index in [-0.39, 0.29) is 16.7 Å². The molecule has 0 saturated carbocycles.